The second-order valence-corrected chi connectivity index (χ2v) is 6.37. The summed E-state index contributed by atoms with van der Waals surface area (Å²) < 4.78 is 5.04. The van der Waals surface area contributed by atoms with Crippen molar-refractivity contribution >= 4 is 5.97 Å². The van der Waals surface area contributed by atoms with Crippen LogP contribution < -0.4 is 0 Å². The van der Waals surface area contributed by atoms with Gasteiger partial charge in [0.2, 0.25) is 6.29 Å². The number of rotatable bonds is 16. The Morgan fingerprint density at radius 1 is 0.773 bits per heavy atom. The first kappa shape index (κ1) is 21.4. The van der Waals surface area contributed by atoms with Crippen molar-refractivity contribution in [2.24, 2.45) is 0 Å². The van der Waals surface area contributed by atoms with Crippen molar-refractivity contribution in [3.8, 4) is 0 Å². The minimum Gasteiger partial charge on any atom is -0.436 e. The lowest BCUT2D eigenvalue weighted by Crippen LogP contribution is -2.17. The number of hydrogen-bond acceptors (Lipinski definition) is 3. The van der Waals surface area contributed by atoms with Gasteiger partial charge in [-0.15, -0.1) is 0 Å². The van der Waals surface area contributed by atoms with Gasteiger partial charge in [-0.25, -0.2) is 0 Å². The zero-order chi connectivity index (χ0) is 16.5. The molecule has 132 valence electrons. The van der Waals surface area contributed by atoms with Crippen LogP contribution in [0, 0.1) is 0 Å². The van der Waals surface area contributed by atoms with Crippen LogP contribution in [0.15, 0.2) is 0 Å². The SMILES string of the molecule is CCCCCCCCCC(=O)OC(O)CCCCCCCC. The highest BCUT2D eigenvalue weighted by Gasteiger charge is 2.10. The van der Waals surface area contributed by atoms with Gasteiger partial charge in [-0.05, 0) is 12.8 Å². The smallest absolute Gasteiger partial charge is 0.308 e. The highest BCUT2D eigenvalue weighted by molar-refractivity contribution is 5.69. The van der Waals surface area contributed by atoms with Crippen molar-refractivity contribution in [2.75, 3.05) is 0 Å². The molecule has 0 aromatic carbocycles. The number of hydrogen-bond donors (Lipinski definition) is 1. The third kappa shape index (κ3) is 15.8. The molecule has 0 amide bonds. The van der Waals surface area contributed by atoms with Crippen molar-refractivity contribution in [3.63, 3.8) is 0 Å². The van der Waals surface area contributed by atoms with E-state index in [1.807, 2.05) is 0 Å². The lowest BCUT2D eigenvalue weighted by atomic mass is 10.1. The van der Waals surface area contributed by atoms with Crippen LogP contribution in [0.5, 0.6) is 0 Å². The maximum absolute atomic E-state index is 11.6. The van der Waals surface area contributed by atoms with Crippen molar-refractivity contribution in [3.05, 3.63) is 0 Å². The van der Waals surface area contributed by atoms with Gasteiger partial charge in [-0.2, -0.15) is 0 Å². The second kappa shape index (κ2) is 16.8. The molecular weight excluding hydrogens is 276 g/mol. The molecule has 0 saturated carbocycles. The van der Waals surface area contributed by atoms with E-state index in [0.717, 1.165) is 25.7 Å². The number of unbranched alkanes of at least 4 members (excludes halogenated alkanes) is 11. The Labute approximate surface area is 137 Å². The highest BCUT2D eigenvalue weighted by Crippen LogP contribution is 2.11. The molecule has 0 bridgehead atoms. The zero-order valence-electron chi connectivity index (χ0n) is 14.9. The minimum atomic E-state index is -0.900. The molecule has 0 radical (unpaired) electrons. The van der Waals surface area contributed by atoms with E-state index < -0.39 is 6.29 Å². The van der Waals surface area contributed by atoms with E-state index in [-0.39, 0.29) is 5.97 Å². The van der Waals surface area contributed by atoms with Gasteiger partial charge in [0, 0.05) is 12.8 Å². The Hall–Kier alpha value is -0.570. The van der Waals surface area contributed by atoms with Crippen LogP contribution in [-0.4, -0.2) is 17.4 Å². The lowest BCUT2D eigenvalue weighted by Gasteiger charge is -2.12. The maximum Gasteiger partial charge on any atom is 0.308 e. The Morgan fingerprint density at radius 3 is 1.77 bits per heavy atom. The van der Waals surface area contributed by atoms with Gasteiger partial charge in [0.15, 0.2) is 0 Å². The van der Waals surface area contributed by atoms with Crippen molar-refractivity contribution in [1.82, 2.24) is 0 Å². The van der Waals surface area contributed by atoms with Gasteiger partial charge >= 0.3 is 5.97 Å². The third-order valence-corrected chi connectivity index (χ3v) is 4.06. The van der Waals surface area contributed by atoms with Crippen molar-refractivity contribution in [1.29, 1.82) is 0 Å². The van der Waals surface area contributed by atoms with Crippen LogP contribution in [0.4, 0.5) is 0 Å². The second-order valence-electron chi connectivity index (χ2n) is 6.37. The molecule has 0 aromatic heterocycles. The van der Waals surface area contributed by atoms with Crippen LogP contribution in [0.2, 0.25) is 0 Å². The number of aliphatic hydroxyl groups is 1. The molecule has 3 nitrogen and oxygen atoms in total. The largest absolute Gasteiger partial charge is 0.436 e. The topological polar surface area (TPSA) is 46.5 Å². The Bertz CT molecular complexity index is 241. The fourth-order valence-electron chi connectivity index (χ4n) is 2.60. The summed E-state index contributed by atoms with van der Waals surface area (Å²) in [5.74, 6) is -0.243. The van der Waals surface area contributed by atoms with Crippen LogP contribution in [0.1, 0.15) is 110 Å². The maximum atomic E-state index is 11.6. The first-order valence-electron chi connectivity index (χ1n) is 9.58. The Kier molecular flexibility index (Phi) is 16.4. The van der Waals surface area contributed by atoms with Crippen LogP contribution >= 0.6 is 0 Å². The van der Waals surface area contributed by atoms with Crippen LogP contribution in [0.3, 0.4) is 0 Å². The predicted molar refractivity (Wildman–Crippen MR) is 92.7 cm³/mol. The lowest BCUT2D eigenvalue weighted by molar-refractivity contribution is -0.168. The van der Waals surface area contributed by atoms with Gasteiger partial charge in [-0.1, -0.05) is 84.5 Å². The van der Waals surface area contributed by atoms with Gasteiger partial charge in [0.1, 0.15) is 0 Å². The summed E-state index contributed by atoms with van der Waals surface area (Å²) in [4.78, 5) is 11.6. The number of ether oxygens (including phenoxy) is 1. The quantitative estimate of drug-likeness (QED) is 0.224. The van der Waals surface area contributed by atoms with E-state index in [1.165, 1.54) is 57.8 Å². The molecule has 3 heteroatoms. The molecule has 0 saturated heterocycles. The number of carbonyl (C=O) groups excluding carboxylic acids is 1. The summed E-state index contributed by atoms with van der Waals surface area (Å²) in [6.45, 7) is 4.42. The fraction of sp³-hybridized carbons (Fsp3) is 0.947. The molecule has 0 aliphatic heterocycles. The van der Waals surface area contributed by atoms with Gasteiger partial charge in [0.25, 0.3) is 0 Å². The average Bonchev–Trinajstić information content (AvgIpc) is 2.50. The summed E-state index contributed by atoms with van der Waals surface area (Å²) >= 11 is 0. The predicted octanol–water partition coefficient (Wildman–Crippen LogP) is 5.74. The first-order chi connectivity index (χ1) is 10.7. The van der Waals surface area contributed by atoms with Crippen molar-refractivity contribution < 1.29 is 14.6 Å². The molecule has 1 unspecified atom stereocenters. The molecule has 22 heavy (non-hydrogen) atoms. The Morgan fingerprint density at radius 2 is 1.23 bits per heavy atom. The normalized spacial score (nSPS) is 12.3. The van der Waals surface area contributed by atoms with E-state index in [1.54, 1.807) is 0 Å². The van der Waals surface area contributed by atoms with Gasteiger partial charge < -0.3 is 9.84 Å². The zero-order valence-corrected chi connectivity index (χ0v) is 14.9. The summed E-state index contributed by atoms with van der Waals surface area (Å²) in [5.41, 5.74) is 0. The van der Waals surface area contributed by atoms with Gasteiger partial charge in [-0.3, -0.25) is 4.79 Å². The molecule has 1 N–H and O–H groups in total. The molecule has 0 aromatic rings. The monoisotopic (exact) mass is 314 g/mol. The average molecular weight is 315 g/mol. The van der Waals surface area contributed by atoms with E-state index in [2.05, 4.69) is 13.8 Å². The molecule has 0 fully saturated rings. The number of carbonyl (C=O) groups is 1. The van der Waals surface area contributed by atoms with Gasteiger partial charge in [0.05, 0.1) is 0 Å². The standard InChI is InChI=1S/C19H38O3/c1-3-5-7-9-11-13-15-17-19(21)22-18(20)16-14-12-10-8-6-4-2/h18,20H,3-17H2,1-2H3. The molecule has 1 atom stereocenters. The van der Waals surface area contributed by atoms with E-state index >= 15 is 0 Å². The fourth-order valence-corrected chi connectivity index (χ4v) is 2.60. The molecule has 0 aliphatic rings. The minimum absolute atomic E-state index is 0.243. The summed E-state index contributed by atoms with van der Waals surface area (Å²) in [6.07, 6.45) is 15.5. The summed E-state index contributed by atoms with van der Waals surface area (Å²) in [5, 5.41) is 9.68. The molecule has 0 aliphatic carbocycles. The molecular formula is C19H38O3. The van der Waals surface area contributed by atoms with Crippen molar-refractivity contribution in [2.45, 2.75) is 116 Å². The van der Waals surface area contributed by atoms with E-state index in [0.29, 0.717) is 12.8 Å². The van der Waals surface area contributed by atoms with Crippen LogP contribution in [-0.2, 0) is 9.53 Å². The number of esters is 1. The van der Waals surface area contributed by atoms with E-state index in [4.69, 9.17) is 4.74 Å². The van der Waals surface area contributed by atoms with Crippen LogP contribution in [0.25, 0.3) is 0 Å². The third-order valence-electron chi connectivity index (χ3n) is 4.06. The first-order valence-corrected chi connectivity index (χ1v) is 9.58. The molecule has 0 rings (SSSR count). The molecule has 0 spiro atoms. The summed E-state index contributed by atoms with van der Waals surface area (Å²) in [6, 6.07) is 0. The highest BCUT2D eigenvalue weighted by atomic mass is 16.6. The Balaban J connectivity index is 3.34. The molecule has 0 heterocycles. The summed E-state index contributed by atoms with van der Waals surface area (Å²) in [7, 11) is 0. The number of aliphatic hydroxyl groups excluding tert-OH is 1. The van der Waals surface area contributed by atoms with E-state index in [9.17, 15) is 9.90 Å².